The van der Waals surface area contributed by atoms with Gasteiger partial charge in [-0.2, -0.15) is 4.39 Å². The van der Waals surface area contributed by atoms with Gasteiger partial charge in [0.15, 0.2) is 0 Å². The summed E-state index contributed by atoms with van der Waals surface area (Å²) in [6, 6.07) is 3.50. The number of benzene rings is 1. The average molecular weight is 256 g/mol. The molecule has 0 aliphatic heterocycles. The molecular weight excluding hydrogens is 243 g/mol. The smallest absolute Gasteiger partial charge is 0.412 e. The van der Waals surface area contributed by atoms with Crippen LogP contribution in [0.15, 0.2) is 18.2 Å². The van der Waals surface area contributed by atoms with Gasteiger partial charge in [-0.15, -0.1) is 0 Å². The maximum atomic E-state index is 13.6. The first-order valence-corrected chi connectivity index (χ1v) is 5.13. The van der Waals surface area contributed by atoms with E-state index in [2.05, 4.69) is 5.32 Å². The van der Waals surface area contributed by atoms with E-state index in [0.29, 0.717) is 0 Å². The molecular formula is C11H13FN2O4. The predicted molar refractivity (Wildman–Crippen MR) is 62.9 cm³/mol. The van der Waals surface area contributed by atoms with Crippen molar-refractivity contribution < 1.29 is 18.8 Å². The van der Waals surface area contributed by atoms with Crippen LogP contribution < -0.4 is 5.32 Å². The van der Waals surface area contributed by atoms with Crippen molar-refractivity contribution in [3.63, 3.8) is 0 Å². The lowest BCUT2D eigenvalue weighted by Gasteiger charge is -2.19. The standard InChI is InChI=1S/C11H13FN2O4/c1-11(2,3)18-10(15)13-7-5-4-6-8(9(7)12)14(16)17/h4-6H,1-3H3,(H,13,15). The Hall–Kier alpha value is -2.18. The van der Waals surface area contributed by atoms with Gasteiger partial charge in [-0.25, -0.2) is 4.79 Å². The summed E-state index contributed by atoms with van der Waals surface area (Å²) in [5.41, 5.74) is -1.73. The Labute approximate surface area is 103 Å². The number of carbonyl (C=O) groups excluding carboxylic acids is 1. The lowest BCUT2D eigenvalue weighted by atomic mass is 10.2. The average Bonchev–Trinajstić information content (AvgIpc) is 2.17. The largest absolute Gasteiger partial charge is 0.444 e. The van der Waals surface area contributed by atoms with Crippen LogP contribution in [0.25, 0.3) is 0 Å². The summed E-state index contributed by atoms with van der Waals surface area (Å²) < 4.78 is 18.5. The van der Waals surface area contributed by atoms with Crippen LogP contribution in [0.1, 0.15) is 20.8 Å². The van der Waals surface area contributed by atoms with E-state index >= 15 is 0 Å². The van der Waals surface area contributed by atoms with Crippen LogP contribution in [0.5, 0.6) is 0 Å². The summed E-state index contributed by atoms with van der Waals surface area (Å²) in [6.07, 6.45) is -0.873. The molecule has 0 aromatic heterocycles. The van der Waals surface area contributed by atoms with Gasteiger partial charge in [-0.3, -0.25) is 15.4 Å². The first-order valence-electron chi connectivity index (χ1n) is 5.13. The normalized spacial score (nSPS) is 10.9. The number of amides is 1. The summed E-state index contributed by atoms with van der Waals surface area (Å²) in [5, 5.41) is 12.6. The van der Waals surface area contributed by atoms with Crippen LogP contribution in [0.4, 0.5) is 20.6 Å². The van der Waals surface area contributed by atoms with Crippen molar-refractivity contribution >= 4 is 17.5 Å². The lowest BCUT2D eigenvalue weighted by molar-refractivity contribution is -0.387. The number of carbonyl (C=O) groups is 1. The van der Waals surface area contributed by atoms with Crippen molar-refractivity contribution in [3.05, 3.63) is 34.1 Å². The molecule has 0 unspecified atom stereocenters. The molecule has 1 aromatic carbocycles. The Kier molecular flexibility index (Phi) is 3.85. The van der Waals surface area contributed by atoms with Crippen LogP contribution in [0, 0.1) is 15.9 Å². The Morgan fingerprint density at radius 3 is 2.56 bits per heavy atom. The zero-order valence-corrected chi connectivity index (χ0v) is 10.2. The number of anilines is 1. The van der Waals surface area contributed by atoms with Gasteiger partial charge in [-0.1, -0.05) is 6.07 Å². The molecule has 1 rings (SSSR count). The van der Waals surface area contributed by atoms with Crippen molar-refractivity contribution in [1.29, 1.82) is 0 Å². The van der Waals surface area contributed by atoms with Crippen LogP contribution >= 0.6 is 0 Å². The third kappa shape index (κ3) is 3.69. The molecule has 1 N–H and O–H groups in total. The molecule has 0 saturated carbocycles. The van der Waals surface area contributed by atoms with E-state index in [-0.39, 0.29) is 5.69 Å². The molecule has 0 bridgehead atoms. The summed E-state index contributed by atoms with van der Waals surface area (Å²) in [6.45, 7) is 4.95. The topological polar surface area (TPSA) is 81.5 Å². The highest BCUT2D eigenvalue weighted by Gasteiger charge is 2.21. The first-order chi connectivity index (χ1) is 8.20. The highest BCUT2D eigenvalue weighted by Crippen LogP contribution is 2.24. The summed E-state index contributed by atoms with van der Waals surface area (Å²) in [7, 11) is 0. The fourth-order valence-electron chi connectivity index (χ4n) is 1.17. The molecule has 0 saturated heterocycles. The molecule has 7 heteroatoms. The van der Waals surface area contributed by atoms with Gasteiger partial charge in [0.05, 0.1) is 10.6 Å². The highest BCUT2D eigenvalue weighted by molar-refractivity contribution is 5.85. The van der Waals surface area contributed by atoms with Crippen LogP contribution in [-0.2, 0) is 4.74 Å². The monoisotopic (exact) mass is 256 g/mol. The van der Waals surface area contributed by atoms with E-state index in [1.165, 1.54) is 12.1 Å². The second-order valence-electron chi connectivity index (χ2n) is 4.52. The van der Waals surface area contributed by atoms with Crippen molar-refractivity contribution in [1.82, 2.24) is 0 Å². The Balaban J connectivity index is 2.89. The zero-order chi connectivity index (χ0) is 13.9. The van der Waals surface area contributed by atoms with Crippen molar-refractivity contribution in [2.24, 2.45) is 0 Å². The van der Waals surface area contributed by atoms with E-state index in [0.717, 1.165) is 6.07 Å². The molecule has 0 spiro atoms. The number of nitro groups is 1. The minimum atomic E-state index is -1.10. The van der Waals surface area contributed by atoms with Crippen molar-refractivity contribution in [2.75, 3.05) is 5.32 Å². The fraction of sp³-hybridized carbons (Fsp3) is 0.364. The minimum absolute atomic E-state index is 0.293. The van der Waals surface area contributed by atoms with Gasteiger partial charge in [0.2, 0.25) is 5.82 Å². The molecule has 98 valence electrons. The van der Waals surface area contributed by atoms with Gasteiger partial charge < -0.3 is 4.74 Å². The summed E-state index contributed by atoms with van der Waals surface area (Å²) >= 11 is 0. The van der Waals surface area contributed by atoms with E-state index in [4.69, 9.17) is 4.74 Å². The van der Waals surface area contributed by atoms with E-state index in [1.807, 2.05) is 0 Å². The quantitative estimate of drug-likeness (QED) is 0.651. The Morgan fingerprint density at radius 1 is 1.44 bits per heavy atom. The third-order valence-electron chi connectivity index (χ3n) is 1.81. The SMILES string of the molecule is CC(C)(C)OC(=O)Nc1cccc([N+](=O)[O-])c1F. The second kappa shape index (κ2) is 4.99. The molecule has 6 nitrogen and oxygen atoms in total. The third-order valence-corrected chi connectivity index (χ3v) is 1.81. The van der Waals surface area contributed by atoms with Crippen molar-refractivity contribution in [3.8, 4) is 0 Å². The van der Waals surface area contributed by atoms with E-state index in [1.54, 1.807) is 20.8 Å². The van der Waals surface area contributed by atoms with Gasteiger partial charge >= 0.3 is 11.8 Å². The lowest BCUT2D eigenvalue weighted by Crippen LogP contribution is -2.27. The highest BCUT2D eigenvalue weighted by atomic mass is 19.1. The maximum Gasteiger partial charge on any atom is 0.412 e. The van der Waals surface area contributed by atoms with Crippen LogP contribution in [0.2, 0.25) is 0 Å². The number of nitrogens with zero attached hydrogens (tertiary/aromatic N) is 1. The molecule has 0 aliphatic carbocycles. The van der Waals surface area contributed by atoms with Gasteiger partial charge in [0.25, 0.3) is 0 Å². The number of rotatable bonds is 2. The summed E-state index contributed by atoms with van der Waals surface area (Å²) in [5.74, 6) is -1.10. The van der Waals surface area contributed by atoms with E-state index in [9.17, 15) is 19.3 Å². The number of nitro benzene ring substituents is 1. The number of nitrogens with one attached hydrogen (secondary N) is 1. The molecule has 1 amide bonds. The van der Waals surface area contributed by atoms with Gasteiger partial charge in [-0.05, 0) is 26.8 Å². The van der Waals surface area contributed by atoms with Crippen molar-refractivity contribution in [2.45, 2.75) is 26.4 Å². The minimum Gasteiger partial charge on any atom is -0.444 e. The molecule has 18 heavy (non-hydrogen) atoms. The Morgan fingerprint density at radius 2 is 2.06 bits per heavy atom. The maximum absolute atomic E-state index is 13.6. The first kappa shape index (κ1) is 13.9. The van der Waals surface area contributed by atoms with Crippen LogP contribution in [-0.4, -0.2) is 16.6 Å². The Bertz CT molecular complexity index is 482. The molecule has 0 heterocycles. The van der Waals surface area contributed by atoms with Gasteiger partial charge in [0.1, 0.15) is 5.60 Å². The molecule has 1 aromatic rings. The number of hydrogen-bond donors (Lipinski definition) is 1. The zero-order valence-electron chi connectivity index (χ0n) is 10.2. The fourth-order valence-corrected chi connectivity index (χ4v) is 1.17. The molecule has 0 atom stereocenters. The summed E-state index contributed by atoms with van der Waals surface area (Å²) in [4.78, 5) is 21.0. The number of halogens is 1. The molecule has 0 fully saturated rings. The second-order valence-corrected chi connectivity index (χ2v) is 4.52. The molecule has 0 radical (unpaired) electrons. The number of ether oxygens (including phenoxy) is 1. The van der Waals surface area contributed by atoms with E-state index < -0.39 is 28.1 Å². The predicted octanol–water partition coefficient (Wildman–Crippen LogP) is 3.08. The molecule has 0 aliphatic rings. The number of hydrogen-bond acceptors (Lipinski definition) is 4. The van der Waals surface area contributed by atoms with Gasteiger partial charge in [0, 0.05) is 6.07 Å². The van der Waals surface area contributed by atoms with Crippen LogP contribution in [0.3, 0.4) is 0 Å².